The third kappa shape index (κ3) is 2.32. The van der Waals surface area contributed by atoms with Gasteiger partial charge < -0.3 is 0 Å². The summed E-state index contributed by atoms with van der Waals surface area (Å²) < 4.78 is 3.28. The van der Waals surface area contributed by atoms with Crippen molar-refractivity contribution in [1.82, 2.24) is 24.4 Å². The van der Waals surface area contributed by atoms with E-state index < -0.39 is 0 Å². The zero-order valence-electron chi connectivity index (χ0n) is 13.5. The third-order valence-corrected chi connectivity index (χ3v) is 4.11. The maximum absolute atomic E-state index is 12.4. The summed E-state index contributed by atoms with van der Waals surface area (Å²) in [5, 5.41) is 7.24. The molecule has 3 heterocycles. The Morgan fingerprint density at radius 2 is 1.96 bits per heavy atom. The molecule has 6 nitrogen and oxygen atoms in total. The summed E-state index contributed by atoms with van der Waals surface area (Å²) in [5.41, 5.74) is 5.06. The zero-order valence-corrected chi connectivity index (χ0v) is 13.5. The molecule has 4 rings (SSSR count). The van der Waals surface area contributed by atoms with Gasteiger partial charge in [-0.2, -0.15) is 5.10 Å². The van der Waals surface area contributed by atoms with Crippen LogP contribution in [0, 0.1) is 6.92 Å². The smallest absolute Gasteiger partial charge is 0.273 e. The van der Waals surface area contributed by atoms with Gasteiger partial charge in [-0.15, -0.1) is 0 Å². The zero-order chi connectivity index (χ0) is 16.7. The van der Waals surface area contributed by atoms with Crippen LogP contribution in [0.25, 0.3) is 28.0 Å². The fourth-order valence-corrected chi connectivity index (χ4v) is 2.74. The molecule has 0 atom stereocenters. The van der Waals surface area contributed by atoms with Crippen molar-refractivity contribution in [3.63, 3.8) is 0 Å². The van der Waals surface area contributed by atoms with Gasteiger partial charge in [-0.1, -0.05) is 29.8 Å². The molecule has 24 heavy (non-hydrogen) atoms. The molecule has 120 valence electrons. The standard InChI is InChI=1S/C18H17N5O/c1-3-22-11-14(9-19-22)16-8-17(24)23-18(21-16)15(10-20-23)13-6-4-12(2)5-7-13/h4-11,20H,3H2,1-2H3. The van der Waals surface area contributed by atoms with E-state index in [1.165, 1.54) is 16.1 Å². The van der Waals surface area contributed by atoms with Crippen molar-refractivity contribution in [2.75, 3.05) is 0 Å². The molecule has 0 saturated carbocycles. The predicted molar refractivity (Wildman–Crippen MR) is 92.9 cm³/mol. The number of hydrogen-bond acceptors (Lipinski definition) is 3. The highest BCUT2D eigenvalue weighted by molar-refractivity contribution is 5.78. The van der Waals surface area contributed by atoms with Crippen LogP contribution in [-0.4, -0.2) is 24.4 Å². The van der Waals surface area contributed by atoms with E-state index in [9.17, 15) is 4.79 Å². The van der Waals surface area contributed by atoms with Gasteiger partial charge in [-0.25, -0.2) is 9.50 Å². The molecular formula is C18H17N5O. The highest BCUT2D eigenvalue weighted by atomic mass is 16.1. The van der Waals surface area contributed by atoms with E-state index in [1.807, 2.05) is 55.2 Å². The molecule has 0 aliphatic heterocycles. The number of H-pyrrole nitrogens is 1. The summed E-state index contributed by atoms with van der Waals surface area (Å²) in [7, 11) is 0. The predicted octanol–water partition coefficient (Wildman–Crippen LogP) is 2.88. The molecule has 0 aliphatic rings. The lowest BCUT2D eigenvalue weighted by atomic mass is 10.1. The summed E-state index contributed by atoms with van der Waals surface area (Å²) in [6, 6.07) is 9.69. The molecule has 0 radical (unpaired) electrons. The Labute approximate surface area is 138 Å². The van der Waals surface area contributed by atoms with E-state index in [-0.39, 0.29) is 5.56 Å². The highest BCUT2D eigenvalue weighted by Crippen LogP contribution is 2.24. The van der Waals surface area contributed by atoms with Crippen molar-refractivity contribution in [2.45, 2.75) is 20.4 Å². The minimum absolute atomic E-state index is 0.141. The molecule has 0 unspecified atom stereocenters. The number of aryl methyl sites for hydroxylation is 2. The molecule has 0 bridgehead atoms. The number of nitrogens with one attached hydrogen (secondary N) is 1. The minimum atomic E-state index is -0.141. The van der Waals surface area contributed by atoms with Crippen LogP contribution in [0.1, 0.15) is 12.5 Å². The van der Waals surface area contributed by atoms with E-state index in [2.05, 4.69) is 10.2 Å². The fourth-order valence-electron chi connectivity index (χ4n) is 2.74. The van der Waals surface area contributed by atoms with E-state index in [0.29, 0.717) is 11.3 Å². The van der Waals surface area contributed by atoms with Gasteiger partial charge in [0.15, 0.2) is 5.65 Å². The maximum atomic E-state index is 12.4. The molecule has 6 heteroatoms. The molecule has 0 spiro atoms. The number of nitrogens with zero attached hydrogens (tertiary/aromatic N) is 4. The largest absolute Gasteiger partial charge is 0.296 e. The summed E-state index contributed by atoms with van der Waals surface area (Å²) >= 11 is 0. The first-order chi connectivity index (χ1) is 11.7. The van der Waals surface area contributed by atoms with E-state index >= 15 is 0 Å². The van der Waals surface area contributed by atoms with Gasteiger partial charge >= 0.3 is 0 Å². The number of rotatable bonds is 3. The molecule has 0 saturated heterocycles. The summed E-state index contributed by atoms with van der Waals surface area (Å²) in [6.45, 7) is 4.84. The lowest BCUT2D eigenvalue weighted by Gasteiger charge is -2.02. The topological polar surface area (TPSA) is 68.0 Å². The van der Waals surface area contributed by atoms with Crippen LogP contribution >= 0.6 is 0 Å². The molecule has 1 aromatic carbocycles. The number of fused-ring (bicyclic) bond motifs is 1. The van der Waals surface area contributed by atoms with Gasteiger partial charge in [0.2, 0.25) is 0 Å². The van der Waals surface area contributed by atoms with Crippen LogP contribution in [0.5, 0.6) is 0 Å². The fraction of sp³-hybridized carbons (Fsp3) is 0.167. The van der Waals surface area contributed by atoms with Crippen LogP contribution in [-0.2, 0) is 6.54 Å². The van der Waals surface area contributed by atoms with E-state index in [1.54, 1.807) is 6.20 Å². The molecule has 0 amide bonds. The second-order valence-electron chi connectivity index (χ2n) is 5.78. The van der Waals surface area contributed by atoms with Crippen LogP contribution in [0.4, 0.5) is 0 Å². The summed E-state index contributed by atoms with van der Waals surface area (Å²) in [6.07, 6.45) is 5.45. The second-order valence-corrected chi connectivity index (χ2v) is 5.78. The minimum Gasteiger partial charge on any atom is -0.296 e. The molecule has 0 aliphatic carbocycles. The van der Waals surface area contributed by atoms with Gasteiger partial charge in [0.25, 0.3) is 5.56 Å². The van der Waals surface area contributed by atoms with Gasteiger partial charge in [0.1, 0.15) is 0 Å². The lowest BCUT2D eigenvalue weighted by Crippen LogP contribution is -2.14. The monoisotopic (exact) mass is 319 g/mol. The van der Waals surface area contributed by atoms with Crippen LogP contribution in [0.15, 0.2) is 53.7 Å². The molecule has 3 aromatic heterocycles. The van der Waals surface area contributed by atoms with Crippen molar-refractivity contribution in [2.24, 2.45) is 0 Å². The SMILES string of the molecule is CCn1cc(-c2cc(=O)n3[nH]cc(-c4ccc(C)cc4)c3n2)cn1. The first-order valence-electron chi connectivity index (χ1n) is 7.87. The Bertz CT molecular complexity index is 1070. The van der Waals surface area contributed by atoms with Crippen LogP contribution in [0.2, 0.25) is 0 Å². The number of aromatic nitrogens is 5. The Kier molecular flexibility index (Phi) is 3.30. The second kappa shape index (κ2) is 5.49. The normalized spacial score (nSPS) is 11.2. The van der Waals surface area contributed by atoms with Crippen molar-refractivity contribution in [3.05, 3.63) is 64.8 Å². The summed E-state index contributed by atoms with van der Waals surface area (Å²) in [5.74, 6) is 0. The summed E-state index contributed by atoms with van der Waals surface area (Å²) in [4.78, 5) is 17.1. The van der Waals surface area contributed by atoms with Crippen LogP contribution in [0.3, 0.4) is 0 Å². The van der Waals surface area contributed by atoms with Crippen molar-refractivity contribution in [3.8, 4) is 22.4 Å². The Morgan fingerprint density at radius 3 is 2.67 bits per heavy atom. The number of aromatic amines is 1. The number of hydrogen-bond donors (Lipinski definition) is 1. The van der Waals surface area contributed by atoms with Gasteiger partial charge in [0.05, 0.1) is 11.9 Å². The lowest BCUT2D eigenvalue weighted by molar-refractivity contribution is 0.660. The molecule has 0 fully saturated rings. The Balaban J connectivity index is 1.91. The Morgan fingerprint density at radius 1 is 1.17 bits per heavy atom. The average molecular weight is 319 g/mol. The maximum Gasteiger partial charge on any atom is 0.273 e. The number of benzene rings is 1. The van der Waals surface area contributed by atoms with Crippen molar-refractivity contribution in [1.29, 1.82) is 0 Å². The van der Waals surface area contributed by atoms with Gasteiger partial charge in [-0.05, 0) is 19.4 Å². The van der Waals surface area contributed by atoms with Crippen molar-refractivity contribution >= 4 is 5.65 Å². The van der Waals surface area contributed by atoms with Crippen LogP contribution < -0.4 is 5.56 Å². The first-order valence-corrected chi connectivity index (χ1v) is 7.87. The van der Waals surface area contributed by atoms with Crippen molar-refractivity contribution < 1.29 is 0 Å². The Hall–Kier alpha value is -3.15. The average Bonchev–Trinajstić information content (AvgIpc) is 3.22. The molecular weight excluding hydrogens is 302 g/mol. The van der Waals surface area contributed by atoms with E-state index in [4.69, 9.17) is 4.98 Å². The highest BCUT2D eigenvalue weighted by Gasteiger charge is 2.12. The molecule has 1 N–H and O–H groups in total. The third-order valence-electron chi connectivity index (χ3n) is 4.11. The quantitative estimate of drug-likeness (QED) is 0.631. The van der Waals surface area contributed by atoms with Gasteiger partial charge in [-0.3, -0.25) is 14.6 Å². The molecule has 4 aromatic rings. The van der Waals surface area contributed by atoms with Gasteiger partial charge in [0, 0.05) is 36.1 Å². The van der Waals surface area contributed by atoms with E-state index in [0.717, 1.165) is 23.2 Å². The first kappa shape index (κ1) is 14.4.